The SMILES string of the molecule is CC(C)(C)OC(=O)N1CCCCC1COCc1ccc(B2OC(C)(C)C(C)(C)O2)cc1. The van der Waals surface area contributed by atoms with E-state index >= 15 is 0 Å². The normalized spacial score (nSPS) is 23.1. The third-order valence-electron chi connectivity index (χ3n) is 6.34. The third kappa shape index (κ3) is 6.02. The minimum atomic E-state index is -0.487. The first-order valence-corrected chi connectivity index (χ1v) is 11.4. The molecule has 1 aromatic carbocycles. The monoisotopic (exact) mass is 431 g/mol. The molecule has 31 heavy (non-hydrogen) atoms. The van der Waals surface area contributed by atoms with E-state index < -0.39 is 5.60 Å². The Labute approximate surface area is 187 Å². The summed E-state index contributed by atoms with van der Waals surface area (Å²) in [7, 11) is -0.357. The smallest absolute Gasteiger partial charge is 0.444 e. The number of amides is 1. The molecule has 0 saturated carbocycles. The summed E-state index contributed by atoms with van der Waals surface area (Å²) in [6.07, 6.45) is 2.82. The van der Waals surface area contributed by atoms with Crippen LogP contribution >= 0.6 is 0 Å². The van der Waals surface area contributed by atoms with E-state index in [-0.39, 0.29) is 30.5 Å². The van der Waals surface area contributed by atoms with E-state index in [0.29, 0.717) is 13.2 Å². The van der Waals surface area contributed by atoms with Crippen LogP contribution in [0.25, 0.3) is 0 Å². The van der Waals surface area contributed by atoms with Crippen LogP contribution in [0.3, 0.4) is 0 Å². The lowest BCUT2D eigenvalue weighted by atomic mass is 9.79. The van der Waals surface area contributed by atoms with Crippen molar-refractivity contribution in [2.75, 3.05) is 13.2 Å². The summed E-state index contributed by atoms with van der Waals surface area (Å²) < 4.78 is 23.8. The Kier molecular flexibility index (Phi) is 7.09. The fraction of sp³-hybridized carbons (Fsp3) is 0.708. The zero-order chi connectivity index (χ0) is 22.9. The summed E-state index contributed by atoms with van der Waals surface area (Å²) in [6, 6.07) is 8.23. The average Bonchev–Trinajstić information content (AvgIpc) is 2.88. The van der Waals surface area contributed by atoms with Crippen LogP contribution in [0, 0.1) is 0 Å². The van der Waals surface area contributed by atoms with Crippen molar-refractivity contribution in [3.8, 4) is 0 Å². The largest absolute Gasteiger partial charge is 0.494 e. The maximum atomic E-state index is 12.5. The number of carbonyl (C=O) groups excluding carboxylic acids is 1. The molecule has 7 heteroatoms. The molecule has 1 atom stereocenters. The molecule has 0 radical (unpaired) electrons. The van der Waals surface area contributed by atoms with Gasteiger partial charge in [-0.05, 0) is 78.8 Å². The second-order valence-corrected chi connectivity index (χ2v) is 10.7. The van der Waals surface area contributed by atoms with Gasteiger partial charge in [0.1, 0.15) is 5.60 Å². The number of nitrogens with zero attached hydrogens (tertiary/aromatic N) is 1. The number of likely N-dealkylation sites (tertiary alicyclic amines) is 1. The summed E-state index contributed by atoms with van der Waals surface area (Å²) in [5.74, 6) is 0. The Morgan fingerprint density at radius 1 is 1.10 bits per heavy atom. The van der Waals surface area contributed by atoms with E-state index in [4.69, 9.17) is 18.8 Å². The number of benzene rings is 1. The fourth-order valence-electron chi connectivity index (χ4n) is 3.80. The van der Waals surface area contributed by atoms with E-state index in [9.17, 15) is 4.79 Å². The standard InChI is InChI=1S/C24H38BNO5/c1-22(2,3)29-21(27)26-15-9-8-10-20(26)17-28-16-18-11-13-19(14-12-18)25-30-23(4,5)24(6,7)31-25/h11-14,20H,8-10,15-17H2,1-7H3. The second kappa shape index (κ2) is 9.12. The average molecular weight is 431 g/mol. The second-order valence-electron chi connectivity index (χ2n) is 10.7. The summed E-state index contributed by atoms with van der Waals surface area (Å²) in [4.78, 5) is 14.4. The van der Waals surface area contributed by atoms with Crippen molar-refractivity contribution >= 4 is 18.7 Å². The number of piperidine rings is 1. The molecule has 0 N–H and O–H groups in total. The molecule has 6 nitrogen and oxygen atoms in total. The Morgan fingerprint density at radius 3 is 2.29 bits per heavy atom. The number of carbonyl (C=O) groups is 1. The number of hydrogen-bond donors (Lipinski definition) is 0. The number of rotatable bonds is 5. The lowest BCUT2D eigenvalue weighted by Gasteiger charge is -2.36. The molecule has 2 heterocycles. The molecular formula is C24H38BNO5. The van der Waals surface area contributed by atoms with Gasteiger partial charge in [0.15, 0.2) is 0 Å². The highest BCUT2D eigenvalue weighted by molar-refractivity contribution is 6.62. The van der Waals surface area contributed by atoms with Crippen LogP contribution in [0.1, 0.15) is 73.3 Å². The fourth-order valence-corrected chi connectivity index (χ4v) is 3.80. The zero-order valence-electron chi connectivity index (χ0n) is 20.2. The van der Waals surface area contributed by atoms with E-state index in [1.54, 1.807) is 0 Å². The van der Waals surface area contributed by atoms with E-state index in [1.165, 1.54) is 0 Å². The molecule has 1 aromatic rings. The number of ether oxygens (including phenoxy) is 2. The lowest BCUT2D eigenvalue weighted by molar-refractivity contribution is -0.00997. The summed E-state index contributed by atoms with van der Waals surface area (Å²) in [5, 5.41) is 0. The van der Waals surface area contributed by atoms with Crippen molar-refractivity contribution in [2.45, 2.75) is 97.2 Å². The molecule has 2 saturated heterocycles. The lowest BCUT2D eigenvalue weighted by Crippen LogP contribution is -2.48. The van der Waals surface area contributed by atoms with Crippen molar-refractivity contribution in [3.63, 3.8) is 0 Å². The van der Waals surface area contributed by atoms with Crippen molar-refractivity contribution in [3.05, 3.63) is 29.8 Å². The molecule has 2 fully saturated rings. The van der Waals surface area contributed by atoms with E-state index in [2.05, 4.69) is 27.7 Å². The molecule has 0 bridgehead atoms. The molecule has 1 amide bonds. The molecule has 0 aliphatic carbocycles. The summed E-state index contributed by atoms with van der Waals surface area (Å²) >= 11 is 0. The Bertz CT molecular complexity index is 740. The highest BCUT2D eigenvalue weighted by Crippen LogP contribution is 2.36. The minimum absolute atomic E-state index is 0.0626. The van der Waals surface area contributed by atoms with Gasteiger partial charge in [0.2, 0.25) is 0 Å². The first-order valence-electron chi connectivity index (χ1n) is 11.4. The predicted molar refractivity (Wildman–Crippen MR) is 122 cm³/mol. The Hall–Kier alpha value is -1.57. The Balaban J connectivity index is 1.52. The van der Waals surface area contributed by atoms with Gasteiger partial charge in [0.05, 0.1) is 30.5 Å². The molecule has 2 aliphatic heterocycles. The molecule has 0 aromatic heterocycles. The van der Waals surface area contributed by atoms with Gasteiger partial charge < -0.3 is 23.7 Å². The maximum Gasteiger partial charge on any atom is 0.494 e. The van der Waals surface area contributed by atoms with E-state index in [0.717, 1.165) is 36.8 Å². The van der Waals surface area contributed by atoms with Gasteiger partial charge in [-0.25, -0.2) is 4.79 Å². The van der Waals surface area contributed by atoms with E-state index in [1.807, 2.05) is 49.9 Å². The van der Waals surface area contributed by atoms with Crippen molar-refractivity contribution < 1.29 is 23.6 Å². The van der Waals surface area contributed by atoms with Crippen molar-refractivity contribution in [1.29, 1.82) is 0 Å². The topological polar surface area (TPSA) is 57.2 Å². The first-order chi connectivity index (χ1) is 14.4. The zero-order valence-corrected chi connectivity index (χ0v) is 20.2. The van der Waals surface area contributed by atoms with Crippen LogP contribution < -0.4 is 5.46 Å². The van der Waals surface area contributed by atoms with Crippen molar-refractivity contribution in [1.82, 2.24) is 4.90 Å². The van der Waals surface area contributed by atoms with Crippen LogP contribution in [0.15, 0.2) is 24.3 Å². The summed E-state index contributed by atoms with van der Waals surface area (Å²) in [6.45, 7) is 15.7. The molecule has 1 unspecified atom stereocenters. The third-order valence-corrected chi connectivity index (χ3v) is 6.34. The predicted octanol–water partition coefficient (Wildman–Crippen LogP) is 4.29. The van der Waals surface area contributed by atoms with Gasteiger partial charge in [0, 0.05) is 6.54 Å². The highest BCUT2D eigenvalue weighted by Gasteiger charge is 2.51. The molecule has 3 rings (SSSR count). The van der Waals surface area contributed by atoms with Crippen LogP contribution in [0.2, 0.25) is 0 Å². The summed E-state index contributed by atoms with van der Waals surface area (Å²) in [5.41, 5.74) is 0.906. The van der Waals surface area contributed by atoms with Gasteiger partial charge >= 0.3 is 13.2 Å². The molecule has 2 aliphatic rings. The quantitative estimate of drug-likeness (QED) is 0.651. The first kappa shape index (κ1) is 24.1. The van der Waals surface area contributed by atoms with Gasteiger partial charge in [-0.2, -0.15) is 0 Å². The van der Waals surface area contributed by atoms with Gasteiger partial charge in [-0.3, -0.25) is 0 Å². The van der Waals surface area contributed by atoms with Crippen LogP contribution in [-0.4, -0.2) is 54.1 Å². The van der Waals surface area contributed by atoms with Crippen LogP contribution in [0.5, 0.6) is 0 Å². The van der Waals surface area contributed by atoms with Crippen LogP contribution in [-0.2, 0) is 25.4 Å². The van der Waals surface area contributed by atoms with Gasteiger partial charge in [-0.15, -0.1) is 0 Å². The van der Waals surface area contributed by atoms with Crippen LogP contribution in [0.4, 0.5) is 4.79 Å². The minimum Gasteiger partial charge on any atom is -0.444 e. The van der Waals surface area contributed by atoms with Gasteiger partial charge in [-0.1, -0.05) is 24.3 Å². The molecular weight excluding hydrogens is 393 g/mol. The molecule has 172 valence electrons. The highest BCUT2D eigenvalue weighted by atomic mass is 16.7. The van der Waals surface area contributed by atoms with Crippen molar-refractivity contribution in [2.24, 2.45) is 0 Å². The molecule has 0 spiro atoms. The maximum absolute atomic E-state index is 12.5. The van der Waals surface area contributed by atoms with Gasteiger partial charge in [0.25, 0.3) is 0 Å². The number of hydrogen-bond acceptors (Lipinski definition) is 5. The Morgan fingerprint density at radius 2 is 1.71 bits per heavy atom.